The molecule has 19 heavy (non-hydrogen) atoms. The molecule has 0 radical (unpaired) electrons. The summed E-state index contributed by atoms with van der Waals surface area (Å²) in [5, 5.41) is 8.77. The molecule has 0 atom stereocenters. The maximum absolute atomic E-state index is 13.5. The predicted octanol–water partition coefficient (Wildman–Crippen LogP) is 3.19. The molecule has 0 fully saturated rings. The van der Waals surface area contributed by atoms with Gasteiger partial charge in [-0.3, -0.25) is 4.90 Å². The van der Waals surface area contributed by atoms with E-state index in [4.69, 9.17) is 5.11 Å². The van der Waals surface area contributed by atoms with Crippen molar-refractivity contribution in [3.05, 3.63) is 35.1 Å². The van der Waals surface area contributed by atoms with Gasteiger partial charge in [0.25, 0.3) is 0 Å². The summed E-state index contributed by atoms with van der Waals surface area (Å²) in [5.41, 5.74) is 0.558. The number of halogens is 1. The second kappa shape index (κ2) is 6.66. The highest BCUT2D eigenvalue weighted by Crippen LogP contribution is 2.13. The maximum Gasteiger partial charge on any atom is 0.338 e. The van der Waals surface area contributed by atoms with Gasteiger partial charge in [-0.1, -0.05) is 6.07 Å². The summed E-state index contributed by atoms with van der Waals surface area (Å²) >= 11 is 0. The first kappa shape index (κ1) is 15.6. The molecule has 0 aliphatic heterocycles. The van der Waals surface area contributed by atoms with Crippen LogP contribution in [0.2, 0.25) is 0 Å². The van der Waals surface area contributed by atoms with E-state index < -0.39 is 11.8 Å². The van der Waals surface area contributed by atoms with Crippen LogP contribution >= 0.6 is 0 Å². The van der Waals surface area contributed by atoms with Gasteiger partial charge in [-0.2, -0.15) is 0 Å². The fourth-order valence-electron chi connectivity index (χ4n) is 2.26. The predicted molar refractivity (Wildman–Crippen MR) is 74.0 cm³/mol. The first-order valence-electron chi connectivity index (χ1n) is 6.60. The smallest absolute Gasteiger partial charge is 0.338 e. The minimum absolute atomic E-state index is 0.270. The second-order valence-electron chi connectivity index (χ2n) is 5.29. The number of carboxylic acids is 1. The lowest BCUT2D eigenvalue weighted by molar-refractivity contribution is 0.0692. The minimum atomic E-state index is -1.23. The van der Waals surface area contributed by atoms with Gasteiger partial charge in [-0.05, 0) is 51.8 Å². The molecule has 0 amide bonds. The Balaban J connectivity index is 2.73. The van der Waals surface area contributed by atoms with Gasteiger partial charge >= 0.3 is 5.97 Å². The topological polar surface area (TPSA) is 40.5 Å². The molecule has 4 heteroatoms. The number of rotatable bonds is 6. The fraction of sp³-hybridized carbons (Fsp3) is 0.533. The number of nitrogens with zero attached hydrogens (tertiary/aromatic N) is 1. The third-order valence-corrected chi connectivity index (χ3v) is 3.25. The normalized spacial score (nSPS) is 11.6. The third-order valence-electron chi connectivity index (χ3n) is 3.25. The lowest BCUT2D eigenvalue weighted by Crippen LogP contribution is -2.38. The number of hydrogen-bond acceptors (Lipinski definition) is 2. The molecular weight excluding hydrogens is 245 g/mol. The highest BCUT2D eigenvalue weighted by Gasteiger charge is 2.14. The maximum atomic E-state index is 13.5. The molecule has 0 saturated carbocycles. The van der Waals surface area contributed by atoms with E-state index in [0.29, 0.717) is 18.5 Å². The van der Waals surface area contributed by atoms with Crippen molar-refractivity contribution in [3.8, 4) is 0 Å². The monoisotopic (exact) mass is 267 g/mol. The highest BCUT2D eigenvalue weighted by atomic mass is 19.1. The van der Waals surface area contributed by atoms with E-state index in [1.165, 1.54) is 12.1 Å². The Labute approximate surface area is 114 Å². The zero-order valence-corrected chi connectivity index (χ0v) is 12.0. The lowest BCUT2D eigenvalue weighted by Gasteiger charge is -2.30. The first-order chi connectivity index (χ1) is 8.82. The van der Waals surface area contributed by atoms with Gasteiger partial charge in [-0.15, -0.1) is 0 Å². The van der Waals surface area contributed by atoms with Crippen LogP contribution in [0.25, 0.3) is 0 Å². The molecule has 0 aromatic heterocycles. The number of carbonyl (C=O) groups is 1. The average Bonchev–Trinajstić information content (AvgIpc) is 2.27. The molecular formula is C15H22FNO2. The van der Waals surface area contributed by atoms with E-state index in [1.807, 2.05) is 0 Å². The van der Waals surface area contributed by atoms with Crippen LogP contribution in [0.15, 0.2) is 18.2 Å². The second-order valence-corrected chi connectivity index (χ2v) is 5.29. The van der Waals surface area contributed by atoms with Gasteiger partial charge in [0, 0.05) is 18.6 Å². The van der Waals surface area contributed by atoms with E-state index in [9.17, 15) is 9.18 Å². The van der Waals surface area contributed by atoms with Crippen LogP contribution in [0.3, 0.4) is 0 Å². The third kappa shape index (κ3) is 4.31. The Hall–Kier alpha value is -1.42. The standard InChI is InChI=1S/C15H22FNO2/c1-10(2)17(11(3)4)8-7-12-5-6-13(15(18)19)14(16)9-12/h5-6,9-11H,7-8H2,1-4H3,(H,18,19). The molecule has 0 aliphatic carbocycles. The van der Waals surface area contributed by atoms with Crippen molar-refractivity contribution >= 4 is 5.97 Å². The van der Waals surface area contributed by atoms with Crippen LogP contribution in [-0.2, 0) is 6.42 Å². The van der Waals surface area contributed by atoms with E-state index in [2.05, 4.69) is 32.6 Å². The molecule has 0 saturated heterocycles. The minimum Gasteiger partial charge on any atom is -0.478 e. The van der Waals surface area contributed by atoms with E-state index in [0.717, 1.165) is 12.1 Å². The van der Waals surface area contributed by atoms with Crippen molar-refractivity contribution in [3.63, 3.8) is 0 Å². The van der Waals surface area contributed by atoms with Crippen LogP contribution in [0.4, 0.5) is 4.39 Å². The Kier molecular flexibility index (Phi) is 5.48. The van der Waals surface area contributed by atoms with Crippen molar-refractivity contribution in [2.24, 2.45) is 0 Å². The van der Waals surface area contributed by atoms with E-state index in [-0.39, 0.29) is 5.56 Å². The van der Waals surface area contributed by atoms with Crippen LogP contribution in [0.1, 0.15) is 43.6 Å². The number of aromatic carboxylic acids is 1. The zero-order valence-electron chi connectivity index (χ0n) is 12.0. The van der Waals surface area contributed by atoms with Crippen molar-refractivity contribution in [2.75, 3.05) is 6.54 Å². The summed E-state index contributed by atoms with van der Waals surface area (Å²) in [6.45, 7) is 9.37. The Morgan fingerprint density at radius 2 is 1.84 bits per heavy atom. The SMILES string of the molecule is CC(C)N(CCc1ccc(C(=O)O)c(F)c1)C(C)C. The van der Waals surface area contributed by atoms with Crippen LogP contribution < -0.4 is 0 Å². The summed E-state index contributed by atoms with van der Waals surface area (Å²) < 4.78 is 13.5. The summed E-state index contributed by atoms with van der Waals surface area (Å²) in [7, 11) is 0. The fourth-order valence-corrected chi connectivity index (χ4v) is 2.26. The molecule has 1 aromatic rings. The molecule has 106 valence electrons. The largest absolute Gasteiger partial charge is 0.478 e. The molecule has 3 nitrogen and oxygen atoms in total. The Bertz CT molecular complexity index is 436. The van der Waals surface area contributed by atoms with Gasteiger partial charge in [-0.25, -0.2) is 9.18 Å². The summed E-state index contributed by atoms with van der Waals surface area (Å²) in [4.78, 5) is 13.1. The molecule has 1 N–H and O–H groups in total. The van der Waals surface area contributed by atoms with Crippen LogP contribution in [0.5, 0.6) is 0 Å². The molecule has 0 bridgehead atoms. The Morgan fingerprint density at radius 1 is 1.26 bits per heavy atom. The van der Waals surface area contributed by atoms with E-state index in [1.54, 1.807) is 6.07 Å². The molecule has 0 spiro atoms. The number of hydrogen-bond donors (Lipinski definition) is 1. The molecule has 0 heterocycles. The van der Waals surface area contributed by atoms with Crippen LogP contribution in [-0.4, -0.2) is 34.6 Å². The van der Waals surface area contributed by atoms with Crippen molar-refractivity contribution in [1.82, 2.24) is 4.90 Å². The molecule has 0 aliphatic rings. The molecule has 1 rings (SSSR count). The van der Waals surface area contributed by atoms with Crippen LogP contribution in [0, 0.1) is 5.82 Å². The van der Waals surface area contributed by atoms with Gasteiger partial charge < -0.3 is 5.11 Å². The highest BCUT2D eigenvalue weighted by molar-refractivity contribution is 5.87. The van der Waals surface area contributed by atoms with Crippen molar-refractivity contribution in [2.45, 2.75) is 46.2 Å². The summed E-state index contributed by atoms with van der Waals surface area (Å²) in [6, 6.07) is 5.21. The zero-order chi connectivity index (χ0) is 14.6. The number of benzene rings is 1. The van der Waals surface area contributed by atoms with Gasteiger partial charge in [0.2, 0.25) is 0 Å². The van der Waals surface area contributed by atoms with E-state index >= 15 is 0 Å². The van der Waals surface area contributed by atoms with Crippen molar-refractivity contribution in [1.29, 1.82) is 0 Å². The molecule has 1 aromatic carbocycles. The quantitative estimate of drug-likeness (QED) is 0.860. The van der Waals surface area contributed by atoms with Gasteiger partial charge in [0.15, 0.2) is 0 Å². The Morgan fingerprint density at radius 3 is 2.26 bits per heavy atom. The van der Waals surface area contributed by atoms with Gasteiger partial charge in [0.1, 0.15) is 5.82 Å². The van der Waals surface area contributed by atoms with Gasteiger partial charge in [0.05, 0.1) is 5.56 Å². The average molecular weight is 267 g/mol. The first-order valence-corrected chi connectivity index (χ1v) is 6.60. The number of carboxylic acid groups (broad SMARTS) is 1. The summed E-state index contributed by atoms with van der Waals surface area (Å²) in [6.07, 6.45) is 0.715. The molecule has 0 unspecified atom stereocenters. The summed E-state index contributed by atoms with van der Waals surface area (Å²) in [5.74, 6) is -1.89. The lowest BCUT2D eigenvalue weighted by atomic mass is 10.1. The van der Waals surface area contributed by atoms with Crippen molar-refractivity contribution < 1.29 is 14.3 Å².